The second-order valence-electron chi connectivity index (χ2n) is 5.48. The van der Waals surface area contributed by atoms with Crippen molar-refractivity contribution in [2.45, 2.75) is 19.4 Å². The van der Waals surface area contributed by atoms with E-state index >= 15 is 0 Å². The Morgan fingerprint density at radius 2 is 2.00 bits per heavy atom. The summed E-state index contributed by atoms with van der Waals surface area (Å²) < 4.78 is 5.61. The Bertz CT molecular complexity index is 439. The van der Waals surface area contributed by atoms with Crippen LogP contribution in [0, 0.1) is 0 Å². The zero-order valence-corrected chi connectivity index (χ0v) is 14.6. The number of rotatable bonds is 8. The van der Waals surface area contributed by atoms with Crippen LogP contribution in [0.5, 0.6) is 0 Å². The fourth-order valence-corrected chi connectivity index (χ4v) is 2.66. The molecule has 1 fully saturated rings. The first-order valence-corrected chi connectivity index (χ1v) is 8.18. The van der Waals surface area contributed by atoms with E-state index < -0.39 is 6.10 Å². The molecular formula is C17H28ClN3O2. The Morgan fingerprint density at radius 3 is 2.65 bits per heavy atom. The highest BCUT2D eigenvalue weighted by molar-refractivity contribution is 5.85. The lowest BCUT2D eigenvalue weighted by molar-refractivity contribution is -0.133. The summed E-state index contributed by atoms with van der Waals surface area (Å²) in [5, 5.41) is 6.34. The number of carbonyl (C=O) groups is 1. The summed E-state index contributed by atoms with van der Waals surface area (Å²) in [7, 11) is 0. The fraction of sp³-hybridized carbons (Fsp3) is 0.588. The summed E-state index contributed by atoms with van der Waals surface area (Å²) in [4.78, 5) is 14.8. The van der Waals surface area contributed by atoms with Crippen molar-refractivity contribution >= 4 is 18.3 Å². The van der Waals surface area contributed by atoms with Crippen LogP contribution in [0.4, 0.5) is 0 Å². The van der Waals surface area contributed by atoms with Crippen LogP contribution >= 0.6 is 12.4 Å². The molecule has 2 N–H and O–H groups in total. The molecule has 0 spiro atoms. The molecule has 0 aliphatic carbocycles. The van der Waals surface area contributed by atoms with Crippen LogP contribution < -0.4 is 10.6 Å². The Balaban J connectivity index is 0.00000264. The predicted octanol–water partition coefficient (Wildman–Crippen LogP) is 1.60. The second-order valence-corrected chi connectivity index (χ2v) is 5.48. The van der Waals surface area contributed by atoms with Crippen molar-refractivity contribution in [2.75, 3.05) is 45.9 Å². The third-order valence-electron chi connectivity index (χ3n) is 3.83. The molecule has 1 saturated heterocycles. The highest BCUT2D eigenvalue weighted by Gasteiger charge is 2.20. The average Bonchev–Trinajstić information content (AvgIpc) is 2.58. The quantitative estimate of drug-likeness (QED) is 0.705. The standard InChI is InChI=1S/C17H27N3O2.ClH/c1-2-22-16(15-7-4-3-5-8-15)17(21)19-9-6-12-20-13-10-18-11-14-20;/h3-5,7-8,16,18H,2,6,9-14H2,1H3,(H,19,21);1H. The molecule has 1 amide bonds. The highest BCUT2D eigenvalue weighted by atomic mass is 35.5. The lowest BCUT2D eigenvalue weighted by atomic mass is 10.1. The van der Waals surface area contributed by atoms with Gasteiger partial charge in [0, 0.05) is 39.3 Å². The number of piperazine rings is 1. The number of carbonyl (C=O) groups excluding carboxylic acids is 1. The van der Waals surface area contributed by atoms with Gasteiger partial charge in [0.2, 0.25) is 0 Å². The van der Waals surface area contributed by atoms with Crippen LogP contribution in [-0.2, 0) is 9.53 Å². The van der Waals surface area contributed by atoms with E-state index in [0.717, 1.165) is 44.7 Å². The number of benzene rings is 1. The Kier molecular flexibility index (Phi) is 9.87. The van der Waals surface area contributed by atoms with E-state index in [1.165, 1.54) is 0 Å². The maximum atomic E-state index is 12.3. The highest BCUT2D eigenvalue weighted by Crippen LogP contribution is 2.17. The molecule has 0 bridgehead atoms. The van der Waals surface area contributed by atoms with Crippen LogP contribution in [0.1, 0.15) is 25.0 Å². The van der Waals surface area contributed by atoms with Crippen molar-refractivity contribution < 1.29 is 9.53 Å². The molecule has 1 heterocycles. The first kappa shape index (κ1) is 19.9. The fourth-order valence-electron chi connectivity index (χ4n) is 2.66. The zero-order chi connectivity index (χ0) is 15.6. The third kappa shape index (κ3) is 6.87. The summed E-state index contributed by atoms with van der Waals surface area (Å²) in [6.45, 7) is 8.48. The molecule has 1 unspecified atom stereocenters. The Morgan fingerprint density at radius 1 is 1.30 bits per heavy atom. The molecule has 5 nitrogen and oxygen atoms in total. The van der Waals surface area contributed by atoms with Crippen LogP contribution in [0.3, 0.4) is 0 Å². The maximum absolute atomic E-state index is 12.3. The second kappa shape index (κ2) is 11.4. The average molecular weight is 342 g/mol. The number of halogens is 1. The van der Waals surface area contributed by atoms with Gasteiger partial charge < -0.3 is 20.3 Å². The molecule has 0 saturated carbocycles. The molecule has 2 rings (SSSR count). The molecule has 1 aliphatic heterocycles. The molecule has 23 heavy (non-hydrogen) atoms. The zero-order valence-electron chi connectivity index (χ0n) is 13.8. The van der Waals surface area contributed by atoms with Crippen molar-refractivity contribution in [1.82, 2.24) is 15.5 Å². The molecule has 1 aromatic carbocycles. The molecule has 6 heteroatoms. The molecule has 1 aliphatic rings. The van der Waals surface area contributed by atoms with Crippen molar-refractivity contribution in [2.24, 2.45) is 0 Å². The first-order valence-electron chi connectivity index (χ1n) is 8.18. The Hall–Kier alpha value is -1.14. The Labute approximate surface area is 145 Å². The summed E-state index contributed by atoms with van der Waals surface area (Å²) in [5.74, 6) is -0.0478. The van der Waals surface area contributed by atoms with Crippen molar-refractivity contribution in [3.63, 3.8) is 0 Å². The van der Waals surface area contributed by atoms with Gasteiger partial charge in [-0.25, -0.2) is 0 Å². The summed E-state index contributed by atoms with van der Waals surface area (Å²) >= 11 is 0. The lowest BCUT2D eigenvalue weighted by Gasteiger charge is -2.27. The molecule has 1 atom stereocenters. The molecule has 1 aromatic rings. The number of hydrogen-bond acceptors (Lipinski definition) is 4. The smallest absolute Gasteiger partial charge is 0.253 e. The van der Waals surface area contributed by atoms with Gasteiger partial charge in [0.25, 0.3) is 5.91 Å². The van der Waals surface area contributed by atoms with E-state index in [-0.39, 0.29) is 18.3 Å². The van der Waals surface area contributed by atoms with Gasteiger partial charge in [-0.2, -0.15) is 0 Å². The number of nitrogens with zero attached hydrogens (tertiary/aromatic N) is 1. The van der Waals surface area contributed by atoms with Gasteiger partial charge in [0.1, 0.15) is 0 Å². The maximum Gasteiger partial charge on any atom is 0.253 e. The van der Waals surface area contributed by atoms with Crippen LogP contribution in [-0.4, -0.2) is 56.7 Å². The van der Waals surface area contributed by atoms with Crippen LogP contribution in [0.25, 0.3) is 0 Å². The van der Waals surface area contributed by atoms with Gasteiger partial charge in [-0.15, -0.1) is 12.4 Å². The molecule has 0 radical (unpaired) electrons. The largest absolute Gasteiger partial charge is 0.364 e. The SMILES string of the molecule is CCOC(C(=O)NCCCN1CCNCC1)c1ccccc1.Cl. The van der Waals surface area contributed by atoms with Gasteiger partial charge in [0.15, 0.2) is 6.10 Å². The van der Waals surface area contributed by atoms with Crippen molar-refractivity contribution in [3.05, 3.63) is 35.9 Å². The van der Waals surface area contributed by atoms with E-state index in [9.17, 15) is 4.79 Å². The van der Waals surface area contributed by atoms with Gasteiger partial charge in [0.05, 0.1) is 0 Å². The van der Waals surface area contributed by atoms with E-state index in [2.05, 4.69) is 15.5 Å². The minimum absolute atomic E-state index is 0. The van der Waals surface area contributed by atoms with Gasteiger partial charge >= 0.3 is 0 Å². The van der Waals surface area contributed by atoms with E-state index in [4.69, 9.17) is 4.74 Å². The monoisotopic (exact) mass is 341 g/mol. The van der Waals surface area contributed by atoms with Gasteiger partial charge in [-0.1, -0.05) is 30.3 Å². The number of nitrogens with one attached hydrogen (secondary N) is 2. The summed E-state index contributed by atoms with van der Waals surface area (Å²) in [6, 6.07) is 9.66. The minimum atomic E-state index is -0.509. The lowest BCUT2D eigenvalue weighted by Crippen LogP contribution is -2.44. The van der Waals surface area contributed by atoms with Gasteiger partial charge in [-0.05, 0) is 25.5 Å². The van der Waals surface area contributed by atoms with Gasteiger partial charge in [-0.3, -0.25) is 4.79 Å². The molecule has 130 valence electrons. The summed E-state index contributed by atoms with van der Waals surface area (Å²) in [6.07, 6.45) is 0.463. The topological polar surface area (TPSA) is 53.6 Å². The van der Waals surface area contributed by atoms with Crippen LogP contribution in [0.2, 0.25) is 0 Å². The molecule has 0 aromatic heterocycles. The van der Waals surface area contributed by atoms with E-state index in [1.807, 2.05) is 37.3 Å². The minimum Gasteiger partial charge on any atom is -0.364 e. The van der Waals surface area contributed by atoms with Crippen LogP contribution in [0.15, 0.2) is 30.3 Å². The number of amides is 1. The predicted molar refractivity (Wildman–Crippen MR) is 95.0 cm³/mol. The molecular weight excluding hydrogens is 314 g/mol. The number of ether oxygens (including phenoxy) is 1. The van der Waals surface area contributed by atoms with Crippen molar-refractivity contribution in [3.8, 4) is 0 Å². The van der Waals surface area contributed by atoms with Crippen molar-refractivity contribution in [1.29, 1.82) is 0 Å². The third-order valence-corrected chi connectivity index (χ3v) is 3.83. The van der Waals surface area contributed by atoms with E-state index in [1.54, 1.807) is 0 Å². The summed E-state index contributed by atoms with van der Waals surface area (Å²) in [5.41, 5.74) is 0.906. The number of hydrogen-bond donors (Lipinski definition) is 2. The van der Waals surface area contributed by atoms with E-state index in [0.29, 0.717) is 13.2 Å². The normalized spacial score (nSPS) is 16.4. The first-order chi connectivity index (χ1) is 10.8.